The van der Waals surface area contributed by atoms with Crippen molar-refractivity contribution in [2.24, 2.45) is 4.99 Å². The van der Waals surface area contributed by atoms with Gasteiger partial charge in [0.25, 0.3) is 5.91 Å². The summed E-state index contributed by atoms with van der Waals surface area (Å²) in [4.78, 5) is 37.1. The second-order valence-corrected chi connectivity index (χ2v) is 10.1. The number of hydrogen-bond donors (Lipinski definition) is 0. The molecule has 0 bridgehead atoms. The molecule has 5 heterocycles. The number of halogens is 3. The Balaban J connectivity index is 1.19. The normalized spacial score (nSPS) is 20.1. The predicted octanol–water partition coefficient (Wildman–Crippen LogP) is 4.55. The first-order valence-electron chi connectivity index (χ1n) is 13.0. The lowest BCUT2D eigenvalue weighted by atomic mass is 9.86. The van der Waals surface area contributed by atoms with Crippen molar-refractivity contribution in [1.82, 2.24) is 24.8 Å². The first-order valence-corrected chi connectivity index (χ1v) is 13.0. The van der Waals surface area contributed by atoms with Gasteiger partial charge in [0.2, 0.25) is 0 Å². The van der Waals surface area contributed by atoms with Gasteiger partial charge in [0, 0.05) is 45.4 Å². The van der Waals surface area contributed by atoms with E-state index in [1.807, 2.05) is 11.8 Å². The van der Waals surface area contributed by atoms with E-state index in [0.29, 0.717) is 55.3 Å². The Morgan fingerprint density at radius 1 is 1.08 bits per heavy atom. The molecule has 2 fully saturated rings. The number of allylic oxidation sites excluding steroid dienone is 2. The Morgan fingerprint density at radius 3 is 2.41 bits per heavy atom. The standard InChI is InChI=1S/C27H30F3N7O2/c1-3-19-12-26(6-10-36(11-7-26)24-17-34-23(16-35-24)27(28,29)30)39-22(19)15-31-18(2)20-13-33-21(14-32-20)25(38)37-8-4-5-9-37/h3,13-18H,1,4-12H2,2H3. The van der Waals surface area contributed by atoms with Crippen LogP contribution in [0.25, 0.3) is 0 Å². The quantitative estimate of drug-likeness (QED) is 0.495. The van der Waals surface area contributed by atoms with Crippen LogP contribution in [0.1, 0.15) is 66.9 Å². The van der Waals surface area contributed by atoms with Gasteiger partial charge in [-0.15, -0.1) is 0 Å². The molecule has 0 aliphatic carbocycles. The highest BCUT2D eigenvalue weighted by atomic mass is 19.4. The smallest absolute Gasteiger partial charge is 0.434 e. The Labute approximate surface area is 224 Å². The number of rotatable bonds is 6. The van der Waals surface area contributed by atoms with Crippen molar-refractivity contribution in [2.75, 3.05) is 31.1 Å². The molecule has 1 atom stereocenters. The molecule has 0 aromatic carbocycles. The number of piperidine rings is 1. The largest absolute Gasteiger partial charge is 0.485 e. The van der Waals surface area contributed by atoms with E-state index in [0.717, 1.165) is 37.7 Å². The van der Waals surface area contributed by atoms with Crippen LogP contribution >= 0.6 is 0 Å². The molecule has 3 aliphatic rings. The van der Waals surface area contributed by atoms with Gasteiger partial charge in [-0.25, -0.2) is 15.0 Å². The molecule has 2 aromatic heterocycles. The highest BCUT2D eigenvalue weighted by molar-refractivity contribution is 5.92. The van der Waals surface area contributed by atoms with Gasteiger partial charge >= 0.3 is 6.18 Å². The van der Waals surface area contributed by atoms with Crippen LogP contribution in [0, 0.1) is 0 Å². The first kappa shape index (κ1) is 26.8. The molecule has 9 nitrogen and oxygen atoms in total. The maximum absolute atomic E-state index is 12.8. The minimum atomic E-state index is -4.51. The molecule has 0 saturated carbocycles. The Bertz CT molecular complexity index is 1260. The van der Waals surface area contributed by atoms with Gasteiger partial charge in [-0.1, -0.05) is 12.7 Å². The van der Waals surface area contributed by atoms with E-state index in [4.69, 9.17) is 4.74 Å². The van der Waals surface area contributed by atoms with Gasteiger partial charge in [-0.3, -0.25) is 14.8 Å². The SMILES string of the molecule is C=CC1=C(C=NC(C)c2cnc(C(=O)N3CCCC3)cn2)OC2(CCN(c3cnc(C(F)(F)F)cn3)CC2)C1. The van der Waals surface area contributed by atoms with Gasteiger partial charge < -0.3 is 14.5 Å². The molecule has 1 unspecified atom stereocenters. The molecule has 2 aromatic rings. The van der Waals surface area contributed by atoms with Crippen molar-refractivity contribution < 1.29 is 22.7 Å². The van der Waals surface area contributed by atoms with E-state index in [1.165, 1.54) is 12.4 Å². The van der Waals surface area contributed by atoms with Crippen molar-refractivity contribution in [3.05, 3.63) is 65.9 Å². The van der Waals surface area contributed by atoms with E-state index >= 15 is 0 Å². The number of carbonyl (C=O) groups excluding carboxylic acids is 1. The third-order valence-corrected chi connectivity index (χ3v) is 7.46. The number of aromatic nitrogens is 4. The highest BCUT2D eigenvalue weighted by Gasteiger charge is 2.42. The number of likely N-dealkylation sites (tertiary alicyclic amines) is 1. The zero-order chi connectivity index (χ0) is 27.6. The molecule has 1 spiro atoms. The Morgan fingerprint density at radius 2 is 1.82 bits per heavy atom. The number of amides is 1. The minimum absolute atomic E-state index is 0.0930. The summed E-state index contributed by atoms with van der Waals surface area (Å²) in [6, 6.07) is -0.299. The van der Waals surface area contributed by atoms with Crippen molar-refractivity contribution in [1.29, 1.82) is 0 Å². The van der Waals surface area contributed by atoms with E-state index < -0.39 is 17.5 Å². The fraction of sp³-hybridized carbons (Fsp3) is 0.481. The van der Waals surface area contributed by atoms with Crippen LogP contribution in [0.3, 0.4) is 0 Å². The summed E-state index contributed by atoms with van der Waals surface area (Å²) in [6.45, 7) is 8.48. The van der Waals surface area contributed by atoms with Gasteiger partial charge in [0.15, 0.2) is 5.69 Å². The summed E-state index contributed by atoms with van der Waals surface area (Å²) in [5.74, 6) is 0.968. The number of nitrogens with zero attached hydrogens (tertiary/aromatic N) is 7. The lowest BCUT2D eigenvalue weighted by molar-refractivity contribution is -0.141. The maximum Gasteiger partial charge on any atom is 0.434 e. The predicted molar refractivity (Wildman–Crippen MR) is 138 cm³/mol. The number of hydrogen-bond acceptors (Lipinski definition) is 8. The number of carbonyl (C=O) groups is 1. The van der Waals surface area contributed by atoms with E-state index in [9.17, 15) is 18.0 Å². The molecule has 206 valence electrons. The van der Waals surface area contributed by atoms with Crippen LogP contribution in [0.15, 0.2) is 53.8 Å². The number of aliphatic imine (C=N–C) groups is 1. The number of alkyl halides is 3. The summed E-state index contributed by atoms with van der Waals surface area (Å²) >= 11 is 0. The van der Waals surface area contributed by atoms with Crippen molar-refractivity contribution >= 4 is 17.9 Å². The fourth-order valence-electron chi connectivity index (χ4n) is 5.11. The second-order valence-electron chi connectivity index (χ2n) is 10.1. The zero-order valence-electron chi connectivity index (χ0n) is 21.7. The second kappa shape index (κ2) is 10.7. The molecule has 12 heteroatoms. The summed E-state index contributed by atoms with van der Waals surface area (Å²) < 4.78 is 44.8. The summed E-state index contributed by atoms with van der Waals surface area (Å²) in [6.07, 6.45) is 8.01. The highest BCUT2D eigenvalue weighted by Crippen LogP contribution is 2.42. The van der Waals surface area contributed by atoms with E-state index in [1.54, 1.807) is 23.4 Å². The van der Waals surface area contributed by atoms with Crippen molar-refractivity contribution in [3.8, 4) is 0 Å². The average Bonchev–Trinajstić information content (AvgIpc) is 3.60. The maximum atomic E-state index is 12.8. The summed E-state index contributed by atoms with van der Waals surface area (Å²) in [7, 11) is 0. The van der Waals surface area contributed by atoms with E-state index in [2.05, 4.69) is 31.5 Å². The van der Waals surface area contributed by atoms with Crippen molar-refractivity contribution in [3.63, 3.8) is 0 Å². The van der Waals surface area contributed by atoms with Crippen LogP contribution in [0.2, 0.25) is 0 Å². The van der Waals surface area contributed by atoms with Crippen molar-refractivity contribution in [2.45, 2.75) is 56.8 Å². The molecular weight excluding hydrogens is 511 g/mol. The van der Waals surface area contributed by atoms with Gasteiger partial charge in [-0.2, -0.15) is 13.2 Å². The van der Waals surface area contributed by atoms with Crippen LogP contribution in [-0.2, 0) is 10.9 Å². The Hall–Kier alpha value is -3.83. The third-order valence-electron chi connectivity index (χ3n) is 7.46. The fourth-order valence-corrected chi connectivity index (χ4v) is 5.11. The van der Waals surface area contributed by atoms with Crippen LogP contribution in [0.5, 0.6) is 0 Å². The van der Waals surface area contributed by atoms with Crippen LogP contribution < -0.4 is 4.90 Å². The topological polar surface area (TPSA) is 96.7 Å². The lowest BCUT2D eigenvalue weighted by Crippen LogP contribution is -2.44. The third kappa shape index (κ3) is 5.79. The number of anilines is 1. The van der Waals surface area contributed by atoms with Gasteiger partial charge in [-0.05, 0) is 25.3 Å². The monoisotopic (exact) mass is 541 g/mol. The van der Waals surface area contributed by atoms with Gasteiger partial charge in [0.1, 0.15) is 22.9 Å². The zero-order valence-corrected chi connectivity index (χ0v) is 21.7. The van der Waals surface area contributed by atoms with E-state index in [-0.39, 0.29) is 11.9 Å². The molecule has 0 radical (unpaired) electrons. The molecular formula is C27H30F3N7O2. The first-order chi connectivity index (χ1) is 18.7. The Kier molecular flexibility index (Phi) is 7.37. The molecule has 0 N–H and O–H groups in total. The lowest BCUT2D eigenvalue weighted by Gasteiger charge is -2.39. The van der Waals surface area contributed by atoms with Crippen LogP contribution in [-0.4, -0.2) is 68.7 Å². The number of ether oxygens (including phenoxy) is 1. The molecule has 5 rings (SSSR count). The minimum Gasteiger partial charge on any atom is -0.485 e. The summed E-state index contributed by atoms with van der Waals surface area (Å²) in [5.41, 5.74) is 0.494. The van der Waals surface area contributed by atoms with Crippen LogP contribution in [0.4, 0.5) is 19.0 Å². The average molecular weight is 542 g/mol. The molecule has 1 amide bonds. The molecule has 2 saturated heterocycles. The van der Waals surface area contributed by atoms with Gasteiger partial charge in [0.05, 0.1) is 42.7 Å². The molecule has 39 heavy (non-hydrogen) atoms. The molecule has 3 aliphatic heterocycles. The summed E-state index contributed by atoms with van der Waals surface area (Å²) in [5, 5.41) is 0.